The van der Waals surface area contributed by atoms with Crippen molar-refractivity contribution < 1.29 is 13.2 Å². The lowest BCUT2D eigenvalue weighted by atomic mass is 9.87. The molecule has 136 valence electrons. The average molecular weight is 363 g/mol. The molecule has 1 aromatic heterocycles. The monoisotopic (exact) mass is 363 g/mol. The van der Waals surface area contributed by atoms with E-state index in [4.69, 9.17) is 0 Å². The number of hydrogen-bond acceptors (Lipinski definition) is 3. The molecular weight excluding hydrogens is 338 g/mol. The minimum Gasteiger partial charge on any atom is -0.358 e. The molecule has 0 saturated heterocycles. The van der Waals surface area contributed by atoms with E-state index >= 15 is 0 Å². The molecule has 7 heteroatoms. The van der Waals surface area contributed by atoms with E-state index < -0.39 is 10.0 Å². The Hall–Kier alpha value is -1.86. The molecule has 2 aromatic rings. The first kappa shape index (κ1) is 17.9. The van der Waals surface area contributed by atoms with Gasteiger partial charge in [0.2, 0.25) is 10.0 Å². The average Bonchev–Trinajstić information content (AvgIpc) is 2.91. The normalized spacial score (nSPS) is 17.4. The van der Waals surface area contributed by atoms with E-state index in [2.05, 4.69) is 28.0 Å². The van der Waals surface area contributed by atoms with Crippen molar-refractivity contribution in [3.8, 4) is 0 Å². The highest BCUT2D eigenvalue weighted by atomic mass is 32.2. The van der Waals surface area contributed by atoms with E-state index in [0.717, 1.165) is 30.0 Å². The summed E-state index contributed by atoms with van der Waals surface area (Å²) in [5.41, 5.74) is 4.16. The second kappa shape index (κ2) is 7.17. The predicted octanol–water partition coefficient (Wildman–Crippen LogP) is 1.96. The van der Waals surface area contributed by atoms with Gasteiger partial charge in [0.1, 0.15) is 0 Å². The maximum absolute atomic E-state index is 12.5. The number of para-hydroxylation sites is 1. The fourth-order valence-electron chi connectivity index (χ4n) is 3.45. The number of hydrogen-bond donors (Lipinski definition) is 3. The van der Waals surface area contributed by atoms with Crippen LogP contribution in [0.4, 0.5) is 0 Å². The van der Waals surface area contributed by atoms with Gasteiger partial charge in [-0.15, -0.1) is 0 Å². The molecule has 1 heterocycles. The number of amides is 1. The third-order valence-electron chi connectivity index (χ3n) is 4.72. The van der Waals surface area contributed by atoms with Crippen molar-refractivity contribution in [1.82, 2.24) is 15.0 Å². The van der Waals surface area contributed by atoms with Crippen LogP contribution in [-0.2, 0) is 22.9 Å². The molecule has 1 atom stereocenters. The number of carbonyl (C=O) groups excluding carboxylic acids is 1. The van der Waals surface area contributed by atoms with Crippen LogP contribution in [0.25, 0.3) is 10.9 Å². The summed E-state index contributed by atoms with van der Waals surface area (Å²) in [5, 5.41) is 4.02. The maximum atomic E-state index is 12.5. The SMILES string of the molecule is C[C@H]1CCc2[nH]c3c(C(=O)NCCCNS(C)(=O)=O)cccc3c2C1. The Bertz CT molecular complexity index is 886. The summed E-state index contributed by atoms with van der Waals surface area (Å²) in [6.45, 7) is 3.01. The number of aryl methyl sites for hydroxylation is 1. The molecule has 3 N–H and O–H groups in total. The lowest BCUT2D eigenvalue weighted by Crippen LogP contribution is -2.29. The molecule has 1 aliphatic carbocycles. The van der Waals surface area contributed by atoms with Crippen molar-refractivity contribution in [2.24, 2.45) is 5.92 Å². The van der Waals surface area contributed by atoms with Crippen LogP contribution >= 0.6 is 0 Å². The van der Waals surface area contributed by atoms with Gasteiger partial charge in [0.05, 0.1) is 17.3 Å². The number of H-pyrrole nitrogens is 1. The van der Waals surface area contributed by atoms with E-state index in [1.807, 2.05) is 12.1 Å². The Morgan fingerprint density at radius 3 is 2.88 bits per heavy atom. The molecule has 25 heavy (non-hydrogen) atoms. The Balaban J connectivity index is 1.70. The number of rotatable bonds is 6. The summed E-state index contributed by atoms with van der Waals surface area (Å²) in [6, 6.07) is 5.84. The zero-order chi connectivity index (χ0) is 18.0. The third-order valence-corrected chi connectivity index (χ3v) is 5.45. The smallest absolute Gasteiger partial charge is 0.253 e. The molecule has 3 rings (SSSR count). The van der Waals surface area contributed by atoms with Crippen molar-refractivity contribution in [3.63, 3.8) is 0 Å². The Morgan fingerprint density at radius 2 is 2.12 bits per heavy atom. The van der Waals surface area contributed by atoms with Crippen LogP contribution in [0.5, 0.6) is 0 Å². The van der Waals surface area contributed by atoms with Gasteiger partial charge in [-0.3, -0.25) is 4.79 Å². The van der Waals surface area contributed by atoms with Gasteiger partial charge in [-0.2, -0.15) is 0 Å². The zero-order valence-electron chi connectivity index (χ0n) is 14.7. The number of nitrogens with one attached hydrogen (secondary N) is 3. The minimum absolute atomic E-state index is 0.128. The Labute approximate surface area is 148 Å². The summed E-state index contributed by atoms with van der Waals surface area (Å²) in [5.74, 6) is 0.544. The van der Waals surface area contributed by atoms with Gasteiger partial charge in [-0.1, -0.05) is 19.1 Å². The summed E-state index contributed by atoms with van der Waals surface area (Å²) < 4.78 is 24.4. The number of carbonyl (C=O) groups is 1. The number of benzene rings is 1. The minimum atomic E-state index is -3.18. The Morgan fingerprint density at radius 1 is 1.32 bits per heavy atom. The van der Waals surface area contributed by atoms with Crippen molar-refractivity contribution in [2.75, 3.05) is 19.3 Å². The van der Waals surface area contributed by atoms with Gasteiger partial charge in [-0.05, 0) is 43.2 Å². The van der Waals surface area contributed by atoms with Crippen LogP contribution in [0.1, 0.15) is 41.4 Å². The van der Waals surface area contributed by atoms with Crippen LogP contribution < -0.4 is 10.0 Å². The lowest BCUT2D eigenvalue weighted by Gasteiger charge is -2.17. The van der Waals surface area contributed by atoms with Gasteiger partial charge >= 0.3 is 0 Å². The standard InChI is InChI=1S/C18H25N3O3S/c1-12-7-8-16-15(11-12)13-5-3-6-14(17(13)21-16)18(22)19-9-4-10-20-25(2,23)24/h3,5-6,12,20-21H,4,7-11H2,1-2H3,(H,19,22)/t12-/m0/s1. The quantitative estimate of drug-likeness (QED) is 0.685. The van der Waals surface area contributed by atoms with Crippen LogP contribution in [0.2, 0.25) is 0 Å². The highest BCUT2D eigenvalue weighted by Gasteiger charge is 2.22. The van der Waals surface area contributed by atoms with E-state index in [1.165, 1.54) is 17.7 Å². The molecule has 0 unspecified atom stereocenters. The molecule has 1 aromatic carbocycles. The number of aromatic amines is 1. The summed E-state index contributed by atoms with van der Waals surface area (Å²) in [7, 11) is -3.18. The topological polar surface area (TPSA) is 91.1 Å². The predicted molar refractivity (Wildman–Crippen MR) is 99.3 cm³/mol. The molecule has 0 spiro atoms. The highest BCUT2D eigenvalue weighted by Crippen LogP contribution is 2.32. The van der Waals surface area contributed by atoms with Crippen molar-refractivity contribution in [3.05, 3.63) is 35.0 Å². The second-order valence-corrected chi connectivity index (χ2v) is 8.77. The molecule has 0 bridgehead atoms. The molecule has 6 nitrogen and oxygen atoms in total. The highest BCUT2D eigenvalue weighted by molar-refractivity contribution is 7.88. The van der Waals surface area contributed by atoms with Gasteiger partial charge < -0.3 is 10.3 Å². The van der Waals surface area contributed by atoms with Crippen LogP contribution in [-0.4, -0.2) is 38.7 Å². The van der Waals surface area contributed by atoms with Gasteiger partial charge in [0.15, 0.2) is 0 Å². The molecular formula is C18H25N3O3S. The first-order chi connectivity index (χ1) is 11.8. The van der Waals surface area contributed by atoms with Crippen LogP contribution in [0.3, 0.4) is 0 Å². The Kier molecular flexibility index (Phi) is 5.15. The van der Waals surface area contributed by atoms with Crippen molar-refractivity contribution >= 4 is 26.8 Å². The molecule has 0 radical (unpaired) electrons. The first-order valence-corrected chi connectivity index (χ1v) is 10.6. The zero-order valence-corrected chi connectivity index (χ0v) is 15.5. The molecule has 1 aliphatic rings. The van der Waals surface area contributed by atoms with E-state index in [0.29, 0.717) is 31.0 Å². The van der Waals surface area contributed by atoms with E-state index in [9.17, 15) is 13.2 Å². The van der Waals surface area contributed by atoms with Crippen molar-refractivity contribution in [1.29, 1.82) is 0 Å². The third kappa shape index (κ3) is 4.22. The van der Waals surface area contributed by atoms with Crippen LogP contribution in [0.15, 0.2) is 18.2 Å². The van der Waals surface area contributed by atoms with E-state index in [1.54, 1.807) is 0 Å². The fourth-order valence-corrected chi connectivity index (χ4v) is 3.96. The number of sulfonamides is 1. The molecule has 0 saturated carbocycles. The maximum Gasteiger partial charge on any atom is 0.253 e. The molecule has 0 aliphatic heterocycles. The molecule has 1 amide bonds. The van der Waals surface area contributed by atoms with Gasteiger partial charge in [0.25, 0.3) is 5.91 Å². The largest absolute Gasteiger partial charge is 0.358 e. The van der Waals surface area contributed by atoms with Crippen molar-refractivity contribution in [2.45, 2.75) is 32.6 Å². The first-order valence-electron chi connectivity index (χ1n) is 8.70. The summed E-state index contributed by atoms with van der Waals surface area (Å²) in [4.78, 5) is 16.0. The van der Waals surface area contributed by atoms with Gasteiger partial charge in [-0.25, -0.2) is 13.1 Å². The summed E-state index contributed by atoms with van der Waals surface area (Å²) >= 11 is 0. The van der Waals surface area contributed by atoms with E-state index in [-0.39, 0.29) is 5.91 Å². The second-order valence-electron chi connectivity index (χ2n) is 6.93. The summed E-state index contributed by atoms with van der Waals surface area (Å²) in [6.07, 6.45) is 4.93. The molecule has 0 fully saturated rings. The van der Waals surface area contributed by atoms with Crippen LogP contribution in [0, 0.1) is 5.92 Å². The number of fused-ring (bicyclic) bond motifs is 3. The lowest BCUT2D eigenvalue weighted by molar-refractivity contribution is 0.0955. The number of aromatic nitrogens is 1. The fraction of sp³-hybridized carbons (Fsp3) is 0.500. The van der Waals surface area contributed by atoms with Gasteiger partial charge in [0, 0.05) is 24.2 Å².